The molecular weight excluding hydrogens is 653 g/mol. The minimum absolute atomic E-state index is 0.185. The average Bonchev–Trinajstić information content (AvgIpc) is 3.52. The highest BCUT2D eigenvalue weighted by Crippen LogP contribution is 2.56. The highest BCUT2D eigenvalue weighted by atomic mass is 14.9. The van der Waals surface area contributed by atoms with Crippen LogP contribution in [0.2, 0.25) is 0 Å². The molecule has 0 bridgehead atoms. The van der Waals surface area contributed by atoms with Crippen molar-refractivity contribution in [1.82, 2.24) is 9.97 Å². The molecule has 0 N–H and O–H groups in total. The van der Waals surface area contributed by atoms with Crippen LogP contribution in [-0.2, 0) is 5.41 Å². The molecule has 0 saturated heterocycles. The summed E-state index contributed by atoms with van der Waals surface area (Å²) < 4.78 is 0. The molecule has 1 aromatic heterocycles. The Labute approximate surface area is 317 Å². The second kappa shape index (κ2) is 13.5. The molecule has 1 heterocycles. The fourth-order valence-electron chi connectivity index (χ4n) is 8.97. The van der Waals surface area contributed by atoms with E-state index in [0.717, 1.165) is 28.1 Å². The van der Waals surface area contributed by atoms with Gasteiger partial charge in [-0.15, -0.1) is 0 Å². The van der Waals surface area contributed by atoms with Crippen LogP contribution in [0.5, 0.6) is 0 Å². The Kier molecular flexibility index (Phi) is 8.10. The molecular formula is C52H40N2. The van der Waals surface area contributed by atoms with Crippen molar-refractivity contribution < 1.29 is 0 Å². The van der Waals surface area contributed by atoms with Crippen LogP contribution < -0.4 is 0 Å². The van der Waals surface area contributed by atoms with Crippen molar-refractivity contribution in [2.24, 2.45) is 0 Å². The number of hydrogen-bond acceptors (Lipinski definition) is 2. The zero-order chi connectivity index (χ0) is 35.9. The van der Waals surface area contributed by atoms with E-state index in [1.807, 2.05) is 12.1 Å². The van der Waals surface area contributed by atoms with E-state index in [-0.39, 0.29) is 5.41 Å². The Balaban J connectivity index is 0.973. The summed E-state index contributed by atoms with van der Waals surface area (Å²) in [6.45, 7) is 0. The second-order valence-electron chi connectivity index (χ2n) is 14.9. The van der Waals surface area contributed by atoms with Gasteiger partial charge in [-0.3, -0.25) is 0 Å². The molecule has 8 aromatic rings. The van der Waals surface area contributed by atoms with E-state index in [1.54, 1.807) is 0 Å². The quantitative estimate of drug-likeness (QED) is 0.173. The van der Waals surface area contributed by atoms with Gasteiger partial charge in [-0.25, -0.2) is 9.97 Å². The molecule has 1 saturated carbocycles. The van der Waals surface area contributed by atoms with Gasteiger partial charge in [-0.2, -0.15) is 0 Å². The molecule has 10 rings (SSSR count). The maximum absolute atomic E-state index is 5.12. The van der Waals surface area contributed by atoms with Crippen molar-refractivity contribution in [2.75, 3.05) is 0 Å². The van der Waals surface area contributed by atoms with Crippen molar-refractivity contribution in [1.29, 1.82) is 0 Å². The van der Waals surface area contributed by atoms with Crippen LogP contribution in [0.15, 0.2) is 182 Å². The van der Waals surface area contributed by atoms with Crippen molar-refractivity contribution in [2.45, 2.75) is 37.5 Å². The first-order chi connectivity index (χ1) is 26.7. The lowest BCUT2D eigenvalue weighted by atomic mass is 9.68. The molecule has 1 spiro atoms. The summed E-state index contributed by atoms with van der Waals surface area (Å²) in [5.41, 5.74) is 18.3. The van der Waals surface area contributed by atoms with Gasteiger partial charge in [0.1, 0.15) is 0 Å². The lowest BCUT2D eigenvalue weighted by molar-refractivity contribution is 0.353. The van der Waals surface area contributed by atoms with Crippen molar-refractivity contribution in [3.63, 3.8) is 0 Å². The first-order valence-electron chi connectivity index (χ1n) is 19.3. The maximum Gasteiger partial charge on any atom is 0.160 e. The summed E-state index contributed by atoms with van der Waals surface area (Å²) in [4.78, 5) is 10.2. The van der Waals surface area contributed by atoms with Crippen LogP contribution >= 0.6 is 0 Å². The zero-order valence-corrected chi connectivity index (χ0v) is 30.3. The Hall–Kier alpha value is -6.38. The van der Waals surface area contributed by atoms with Crippen molar-refractivity contribution >= 4 is 0 Å². The fourth-order valence-corrected chi connectivity index (χ4v) is 8.97. The van der Waals surface area contributed by atoms with Gasteiger partial charge in [0.2, 0.25) is 0 Å². The highest BCUT2D eigenvalue weighted by Gasteiger charge is 2.43. The van der Waals surface area contributed by atoms with Gasteiger partial charge in [0.25, 0.3) is 0 Å². The number of aromatic nitrogens is 2. The molecule has 54 heavy (non-hydrogen) atoms. The number of benzene rings is 7. The Morgan fingerprint density at radius 3 is 1.48 bits per heavy atom. The Morgan fingerprint density at radius 1 is 0.315 bits per heavy atom. The monoisotopic (exact) mass is 692 g/mol. The van der Waals surface area contributed by atoms with Crippen LogP contribution in [0.1, 0.15) is 43.2 Å². The molecule has 2 aliphatic carbocycles. The first kappa shape index (κ1) is 32.3. The van der Waals surface area contributed by atoms with E-state index in [1.165, 1.54) is 87.7 Å². The van der Waals surface area contributed by atoms with Gasteiger partial charge in [0.15, 0.2) is 5.82 Å². The van der Waals surface area contributed by atoms with Crippen LogP contribution in [0, 0.1) is 0 Å². The predicted molar refractivity (Wildman–Crippen MR) is 224 cm³/mol. The van der Waals surface area contributed by atoms with E-state index in [0.29, 0.717) is 5.82 Å². The molecule has 2 heteroatoms. The summed E-state index contributed by atoms with van der Waals surface area (Å²) >= 11 is 0. The van der Waals surface area contributed by atoms with E-state index in [4.69, 9.17) is 9.97 Å². The van der Waals surface area contributed by atoms with Crippen LogP contribution in [0.25, 0.3) is 78.4 Å². The van der Waals surface area contributed by atoms with Gasteiger partial charge in [-0.05, 0) is 86.7 Å². The number of hydrogen-bond donors (Lipinski definition) is 0. The lowest BCUT2D eigenvalue weighted by Crippen LogP contribution is -2.27. The summed E-state index contributed by atoms with van der Waals surface area (Å²) in [7, 11) is 0. The van der Waals surface area contributed by atoms with Gasteiger partial charge in [0.05, 0.1) is 11.4 Å². The van der Waals surface area contributed by atoms with Crippen molar-refractivity contribution in [3.05, 3.63) is 193 Å². The molecule has 0 atom stereocenters. The minimum Gasteiger partial charge on any atom is -0.228 e. The third-order valence-corrected chi connectivity index (χ3v) is 11.7. The summed E-state index contributed by atoms with van der Waals surface area (Å²) in [5, 5.41) is 0. The third kappa shape index (κ3) is 5.76. The van der Waals surface area contributed by atoms with Crippen molar-refractivity contribution in [3.8, 4) is 78.4 Å². The standard InChI is InChI=1S/C52H40N2/c1-4-13-36(14-5-1)37-21-25-40(26-22-37)50-35-49(39-15-6-2-7-16-39)53-51(54-50)41-27-23-38(24-28-41)42-17-12-18-43(33-42)44-29-30-48-46(34-44)45-19-8-9-20-47(45)52(48)31-10-3-11-32-52/h1-2,4-9,12-30,33-35H,3,10-11,31-32H2. The second-order valence-corrected chi connectivity index (χ2v) is 14.9. The van der Waals surface area contributed by atoms with E-state index in [2.05, 4.69) is 170 Å². The third-order valence-electron chi connectivity index (χ3n) is 11.7. The summed E-state index contributed by atoms with van der Waals surface area (Å²) in [5.74, 6) is 0.716. The van der Waals surface area contributed by atoms with Gasteiger partial charge >= 0.3 is 0 Å². The topological polar surface area (TPSA) is 25.8 Å². The smallest absolute Gasteiger partial charge is 0.160 e. The zero-order valence-electron chi connectivity index (χ0n) is 30.3. The lowest BCUT2D eigenvalue weighted by Gasteiger charge is -2.36. The molecule has 0 radical (unpaired) electrons. The minimum atomic E-state index is 0.185. The summed E-state index contributed by atoms with van der Waals surface area (Å²) in [6.07, 6.45) is 6.48. The molecule has 0 amide bonds. The Bertz CT molecular complexity index is 2600. The first-order valence-corrected chi connectivity index (χ1v) is 19.3. The largest absolute Gasteiger partial charge is 0.228 e. The normalized spacial score (nSPS) is 14.1. The molecule has 0 aliphatic heterocycles. The molecule has 258 valence electrons. The predicted octanol–water partition coefficient (Wildman–Crippen LogP) is 13.7. The number of rotatable bonds is 6. The molecule has 0 unspecified atom stereocenters. The average molecular weight is 693 g/mol. The van der Waals surface area contributed by atoms with Crippen LogP contribution in [-0.4, -0.2) is 9.97 Å². The van der Waals surface area contributed by atoms with E-state index in [9.17, 15) is 0 Å². The van der Waals surface area contributed by atoms with Gasteiger partial charge < -0.3 is 0 Å². The fraction of sp³-hybridized carbons (Fsp3) is 0.115. The molecule has 1 fully saturated rings. The molecule has 2 nitrogen and oxygen atoms in total. The number of fused-ring (bicyclic) bond motifs is 5. The van der Waals surface area contributed by atoms with Crippen LogP contribution in [0.4, 0.5) is 0 Å². The summed E-state index contributed by atoms with van der Waals surface area (Å²) in [6, 6.07) is 65.7. The van der Waals surface area contributed by atoms with Gasteiger partial charge in [-0.1, -0.05) is 183 Å². The maximum atomic E-state index is 5.12. The Morgan fingerprint density at radius 2 is 0.778 bits per heavy atom. The molecule has 2 aliphatic rings. The molecule has 7 aromatic carbocycles. The van der Waals surface area contributed by atoms with E-state index >= 15 is 0 Å². The highest BCUT2D eigenvalue weighted by molar-refractivity contribution is 5.86. The van der Waals surface area contributed by atoms with E-state index < -0.39 is 0 Å². The SMILES string of the molecule is c1ccc(-c2ccc(-c3cc(-c4ccccc4)nc(-c4ccc(-c5cccc(-c6ccc7c(c6)-c6ccccc6C76CCCCC6)c5)cc4)n3)cc2)cc1. The van der Waals surface area contributed by atoms with Crippen LogP contribution in [0.3, 0.4) is 0 Å². The van der Waals surface area contributed by atoms with Gasteiger partial charge in [0, 0.05) is 22.1 Å². The number of nitrogens with zero attached hydrogens (tertiary/aromatic N) is 2.